The van der Waals surface area contributed by atoms with Gasteiger partial charge in [0.25, 0.3) is 8.32 Å². The number of carbonyl (C=O) groups is 1. The van der Waals surface area contributed by atoms with Gasteiger partial charge in [0.05, 0.1) is 17.7 Å². The summed E-state index contributed by atoms with van der Waals surface area (Å²) in [5.41, 5.74) is 1.71. The zero-order valence-electron chi connectivity index (χ0n) is 26.0. The van der Waals surface area contributed by atoms with Crippen LogP contribution in [0.5, 0.6) is 0 Å². The molecule has 222 valence electrons. The summed E-state index contributed by atoms with van der Waals surface area (Å²) in [6.45, 7) is 16.0. The van der Waals surface area contributed by atoms with Crippen LogP contribution in [0.2, 0.25) is 5.04 Å². The van der Waals surface area contributed by atoms with Gasteiger partial charge in [-0.25, -0.2) is 0 Å². The number of rotatable bonds is 9. The SMILES string of the molecule is Cc1cc(CC(=O)Nc2cc(C3CC(CO[Si](c4ccccc4)(c4ccccc4)C(C)(C)C)C3)n(C(C)(C)C)n2)on1. The van der Waals surface area contributed by atoms with Gasteiger partial charge >= 0.3 is 0 Å². The Hall–Kier alpha value is -3.49. The summed E-state index contributed by atoms with van der Waals surface area (Å²) < 4.78 is 14.5. The third-order valence-corrected chi connectivity index (χ3v) is 13.3. The molecule has 1 saturated carbocycles. The molecule has 0 radical (unpaired) electrons. The van der Waals surface area contributed by atoms with Crippen LogP contribution in [0.3, 0.4) is 0 Å². The summed E-state index contributed by atoms with van der Waals surface area (Å²) in [7, 11) is -2.56. The van der Waals surface area contributed by atoms with Crippen molar-refractivity contribution in [2.45, 2.75) is 84.2 Å². The lowest BCUT2D eigenvalue weighted by Gasteiger charge is -2.45. The van der Waals surface area contributed by atoms with Crippen molar-refractivity contribution in [3.63, 3.8) is 0 Å². The summed E-state index contributed by atoms with van der Waals surface area (Å²) in [6, 6.07) is 25.5. The summed E-state index contributed by atoms with van der Waals surface area (Å²) in [5, 5.41) is 14.2. The zero-order chi connectivity index (χ0) is 30.1. The molecule has 8 heteroatoms. The Bertz CT molecular complexity index is 1450. The Balaban J connectivity index is 1.31. The number of aryl methyl sites for hydroxylation is 1. The molecule has 1 aliphatic rings. The maximum absolute atomic E-state index is 12.7. The van der Waals surface area contributed by atoms with Crippen LogP contribution in [0.1, 0.15) is 77.5 Å². The van der Waals surface area contributed by atoms with Gasteiger partial charge in [0, 0.05) is 30.4 Å². The molecule has 4 aromatic rings. The summed E-state index contributed by atoms with van der Waals surface area (Å²) in [5.74, 6) is 1.79. The van der Waals surface area contributed by atoms with E-state index in [1.807, 2.05) is 13.0 Å². The minimum absolute atomic E-state index is 0.0405. The first-order valence-corrected chi connectivity index (χ1v) is 16.8. The van der Waals surface area contributed by atoms with Crippen LogP contribution >= 0.6 is 0 Å². The fourth-order valence-electron chi connectivity index (χ4n) is 6.25. The van der Waals surface area contributed by atoms with E-state index in [1.165, 1.54) is 10.4 Å². The van der Waals surface area contributed by atoms with Crippen molar-refractivity contribution in [3.05, 3.63) is 89.9 Å². The fourth-order valence-corrected chi connectivity index (χ4v) is 10.9. The highest BCUT2D eigenvalue weighted by atomic mass is 28.4. The van der Waals surface area contributed by atoms with E-state index in [9.17, 15) is 4.79 Å². The average Bonchev–Trinajstić information content (AvgIpc) is 3.51. The first-order valence-electron chi connectivity index (χ1n) is 14.9. The number of anilines is 1. The van der Waals surface area contributed by atoms with Crippen LogP contribution in [-0.4, -0.2) is 35.8 Å². The van der Waals surface area contributed by atoms with Crippen molar-refractivity contribution in [2.75, 3.05) is 11.9 Å². The zero-order valence-corrected chi connectivity index (χ0v) is 27.0. The Morgan fingerprint density at radius 3 is 2.07 bits per heavy atom. The van der Waals surface area contributed by atoms with Crippen molar-refractivity contribution >= 4 is 30.4 Å². The van der Waals surface area contributed by atoms with Gasteiger partial charge < -0.3 is 14.3 Å². The lowest BCUT2D eigenvalue weighted by molar-refractivity contribution is -0.115. The first kappa shape index (κ1) is 30.0. The van der Waals surface area contributed by atoms with Crippen LogP contribution in [0.25, 0.3) is 0 Å². The van der Waals surface area contributed by atoms with Gasteiger partial charge in [0.2, 0.25) is 5.91 Å². The van der Waals surface area contributed by atoms with Gasteiger partial charge in [-0.1, -0.05) is 86.6 Å². The molecule has 0 spiro atoms. The van der Waals surface area contributed by atoms with Gasteiger partial charge in [-0.05, 0) is 61.9 Å². The highest BCUT2D eigenvalue weighted by Gasteiger charge is 2.51. The van der Waals surface area contributed by atoms with Crippen molar-refractivity contribution in [2.24, 2.45) is 5.92 Å². The summed E-state index contributed by atoms with van der Waals surface area (Å²) in [4.78, 5) is 12.7. The molecule has 42 heavy (non-hydrogen) atoms. The lowest BCUT2D eigenvalue weighted by atomic mass is 9.73. The molecular weight excluding hydrogens is 540 g/mol. The van der Waals surface area contributed by atoms with E-state index < -0.39 is 8.32 Å². The van der Waals surface area contributed by atoms with E-state index >= 15 is 0 Å². The largest absolute Gasteiger partial charge is 0.407 e. The lowest BCUT2D eigenvalue weighted by Crippen LogP contribution is -2.67. The number of hydrogen-bond acceptors (Lipinski definition) is 5. The van der Waals surface area contributed by atoms with E-state index in [4.69, 9.17) is 14.0 Å². The van der Waals surface area contributed by atoms with Gasteiger partial charge in [-0.15, -0.1) is 0 Å². The molecule has 1 amide bonds. The smallest absolute Gasteiger partial charge is 0.261 e. The molecule has 0 bridgehead atoms. The second-order valence-electron chi connectivity index (χ2n) is 13.7. The van der Waals surface area contributed by atoms with Crippen LogP contribution < -0.4 is 15.7 Å². The Morgan fingerprint density at radius 1 is 0.976 bits per heavy atom. The normalized spacial score (nSPS) is 17.6. The second kappa shape index (κ2) is 11.6. The number of hydrogen-bond donors (Lipinski definition) is 1. The maximum Gasteiger partial charge on any atom is 0.261 e. The van der Waals surface area contributed by atoms with Crippen molar-refractivity contribution < 1.29 is 13.7 Å². The number of nitrogens with zero attached hydrogens (tertiary/aromatic N) is 3. The maximum atomic E-state index is 12.7. The second-order valence-corrected chi connectivity index (χ2v) is 18.0. The summed E-state index contributed by atoms with van der Waals surface area (Å²) in [6.07, 6.45) is 2.19. The van der Waals surface area contributed by atoms with Crippen molar-refractivity contribution in [3.8, 4) is 0 Å². The molecule has 1 N–H and O–H groups in total. The van der Waals surface area contributed by atoms with E-state index in [0.717, 1.165) is 30.8 Å². The van der Waals surface area contributed by atoms with Crippen LogP contribution in [-0.2, 0) is 21.2 Å². The number of amides is 1. The van der Waals surface area contributed by atoms with Gasteiger partial charge in [0.15, 0.2) is 5.82 Å². The molecule has 0 aliphatic heterocycles. The molecule has 2 heterocycles. The van der Waals surface area contributed by atoms with E-state index in [-0.39, 0.29) is 22.9 Å². The van der Waals surface area contributed by atoms with Crippen molar-refractivity contribution in [1.82, 2.24) is 14.9 Å². The fraction of sp³-hybridized carbons (Fsp3) is 0.441. The molecule has 0 unspecified atom stereocenters. The first-order chi connectivity index (χ1) is 19.9. The molecule has 5 rings (SSSR count). The third-order valence-electron chi connectivity index (χ3n) is 8.26. The van der Waals surface area contributed by atoms with E-state index in [2.05, 4.69) is 117 Å². The van der Waals surface area contributed by atoms with Crippen LogP contribution in [0.4, 0.5) is 5.82 Å². The predicted molar refractivity (Wildman–Crippen MR) is 170 cm³/mol. The molecule has 1 fully saturated rings. The molecule has 7 nitrogen and oxygen atoms in total. The van der Waals surface area contributed by atoms with Crippen LogP contribution in [0, 0.1) is 12.8 Å². The molecule has 1 aliphatic carbocycles. The minimum Gasteiger partial charge on any atom is -0.407 e. The molecule has 2 aromatic heterocycles. The monoisotopic (exact) mass is 584 g/mol. The average molecular weight is 585 g/mol. The molecular formula is C34H44N4O3Si. The van der Waals surface area contributed by atoms with Gasteiger partial charge in [-0.3, -0.25) is 9.48 Å². The molecule has 0 atom stereocenters. The summed E-state index contributed by atoms with van der Waals surface area (Å²) >= 11 is 0. The number of carbonyl (C=O) groups excluding carboxylic acids is 1. The highest BCUT2D eigenvalue weighted by molar-refractivity contribution is 6.99. The standard InChI is InChI=1S/C34H44N4O3Si/c1-24-18-27(41-37-24)21-32(39)35-31-22-30(38(36-31)33(2,3)4)26-19-25(20-26)23-40-42(34(5,6)7,28-14-10-8-11-15-28)29-16-12-9-13-17-29/h8-18,22,25-26H,19-21,23H2,1-7H3,(H,35,36,39). The van der Waals surface area contributed by atoms with E-state index in [0.29, 0.717) is 23.4 Å². The van der Waals surface area contributed by atoms with E-state index in [1.54, 1.807) is 6.07 Å². The minimum atomic E-state index is -2.56. The number of aromatic nitrogens is 3. The van der Waals surface area contributed by atoms with Crippen molar-refractivity contribution in [1.29, 1.82) is 0 Å². The van der Waals surface area contributed by atoms with Gasteiger partial charge in [0.1, 0.15) is 5.76 Å². The quantitative estimate of drug-likeness (QED) is 0.237. The number of benzene rings is 2. The Labute approximate surface area is 250 Å². The third kappa shape index (κ3) is 6.15. The molecule has 0 saturated heterocycles. The molecule has 2 aromatic carbocycles. The highest BCUT2D eigenvalue weighted by Crippen LogP contribution is 2.45. The topological polar surface area (TPSA) is 82.2 Å². The number of nitrogens with one attached hydrogen (secondary N) is 1. The Kier molecular flexibility index (Phi) is 8.32. The predicted octanol–water partition coefficient (Wildman–Crippen LogP) is 6.19. The van der Waals surface area contributed by atoms with Gasteiger partial charge in [-0.2, -0.15) is 5.10 Å². The van der Waals surface area contributed by atoms with Crippen LogP contribution in [0.15, 0.2) is 77.3 Å². The Morgan fingerprint density at radius 2 is 1.57 bits per heavy atom.